The van der Waals surface area contributed by atoms with Crippen molar-refractivity contribution in [2.45, 2.75) is 76.2 Å². The van der Waals surface area contributed by atoms with Gasteiger partial charge in [-0.05, 0) is 32.6 Å². The van der Waals surface area contributed by atoms with Crippen molar-refractivity contribution in [3.63, 3.8) is 0 Å². The van der Waals surface area contributed by atoms with Crippen LogP contribution in [0.15, 0.2) is 25.3 Å². The normalized spacial score (nSPS) is 28.5. The zero-order valence-electron chi connectivity index (χ0n) is 22.0. The summed E-state index contributed by atoms with van der Waals surface area (Å²) in [6.07, 6.45) is 5.75. The maximum atomic E-state index is 13.8. The second-order valence-corrected chi connectivity index (χ2v) is 10.1. The Bertz CT molecular complexity index is 893. The number of β-amino-alcohol motifs (C(OH)–C–C–N with tert-alkyl or cyclic N) is 1. The van der Waals surface area contributed by atoms with E-state index in [-0.39, 0.29) is 37.4 Å². The number of nitrogens with zero attached hydrogens (tertiary/aromatic N) is 2. The van der Waals surface area contributed by atoms with Crippen LogP contribution in [0.5, 0.6) is 0 Å². The van der Waals surface area contributed by atoms with Crippen molar-refractivity contribution in [3.8, 4) is 0 Å². The fourth-order valence-electron chi connectivity index (χ4n) is 5.92. The number of hydrogen-bond donors (Lipinski definition) is 2. The Morgan fingerprint density at radius 2 is 2.11 bits per heavy atom. The second kappa shape index (κ2) is 12.7. The topological polar surface area (TPSA) is 125 Å². The molecule has 2 bridgehead atoms. The number of amides is 3. The third-order valence-corrected chi connectivity index (χ3v) is 7.57. The zero-order valence-corrected chi connectivity index (χ0v) is 22.0. The highest BCUT2D eigenvalue weighted by molar-refractivity contribution is 5.98. The summed E-state index contributed by atoms with van der Waals surface area (Å²) in [5.74, 6) is -3.04. The van der Waals surface area contributed by atoms with Crippen LogP contribution >= 0.6 is 0 Å². The molecule has 3 fully saturated rings. The summed E-state index contributed by atoms with van der Waals surface area (Å²) in [4.78, 5) is 55.7. The quantitative estimate of drug-likeness (QED) is 0.246. The van der Waals surface area contributed by atoms with Crippen LogP contribution in [0.2, 0.25) is 0 Å². The highest BCUT2D eigenvalue weighted by atomic mass is 16.6. The van der Waals surface area contributed by atoms with Crippen molar-refractivity contribution < 1.29 is 33.8 Å². The molecule has 10 nitrogen and oxygen atoms in total. The number of allylic oxidation sites excluding steroid dienone is 1. The molecule has 0 unspecified atom stereocenters. The number of carbonyl (C=O) groups excluding carboxylic acids is 4. The molecule has 3 rings (SSSR count). The number of fused-ring (bicyclic) bond motifs is 1. The fraction of sp³-hybridized carbons (Fsp3) is 0.704. The number of likely N-dealkylation sites (tertiary alicyclic amines) is 1. The highest BCUT2D eigenvalue weighted by Crippen LogP contribution is 2.58. The highest BCUT2D eigenvalue weighted by Gasteiger charge is 2.75. The lowest BCUT2D eigenvalue weighted by Crippen LogP contribution is -2.56. The first kappa shape index (κ1) is 28.8. The first-order valence-electron chi connectivity index (χ1n) is 13.3. The van der Waals surface area contributed by atoms with Gasteiger partial charge in [-0.15, -0.1) is 13.2 Å². The summed E-state index contributed by atoms with van der Waals surface area (Å²) in [7, 11) is 0. The number of aliphatic hydroxyl groups is 1. The van der Waals surface area contributed by atoms with Crippen molar-refractivity contribution in [3.05, 3.63) is 25.3 Å². The van der Waals surface area contributed by atoms with E-state index in [2.05, 4.69) is 18.5 Å². The van der Waals surface area contributed by atoms with Gasteiger partial charge in [-0.1, -0.05) is 25.5 Å². The fourth-order valence-corrected chi connectivity index (χ4v) is 5.92. The zero-order chi connectivity index (χ0) is 27.2. The van der Waals surface area contributed by atoms with Crippen LogP contribution in [0.3, 0.4) is 0 Å². The van der Waals surface area contributed by atoms with E-state index in [1.165, 1.54) is 4.90 Å². The molecule has 1 spiro atoms. The van der Waals surface area contributed by atoms with Gasteiger partial charge in [0, 0.05) is 26.1 Å². The summed E-state index contributed by atoms with van der Waals surface area (Å²) in [5.41, 5.74) is -1.13. The molecule has 0 aliphatic carbocycles. The van der Waals surface area contributed by atoms with Crippen molar-refractivity contribution in [1.29, 1.82) is 0 Å². The lowest BCUT2D eigenvalue weighted by atomic mass is 9.70. The van der Waals surface area contributed by atoms with Crippen LogP contribution in [0.1, 0.15) is 52.4 Å². The summed E-state index contributed by atoms with van der Waals surface area (Å²) in [6.45, 7) is 11.7. The molecule has 3 aliphatic rings. The van der Waals surface area contributed by atoms with Gasteiger partial charge < -0.3 is 29.7 Å². The lowest BCUT2D eigenvalue weighted by molar-refractivity contribution is -0.159. The van der Waals surface area contributed by atoms with Gasteiger partial charge in [0.25, 0.3) is 0 Å². The van der Waals surface area contributed by atoms with Gasteiger partial charge in [0.2, 0.25) is 17.7 Å². The Labute approximate surface area is 219 Å². The first-order valence-corrected chi connectivity index (χ1v) is 13.3. The molecule has 0 aromatic heterocycles. The molecular formula is C27H41N3O7. The maximum absolute atomic E-state index is 13.8. The third-order valence-electron chi connectivity index (χ3n) is 7.57. The van der Waals surface area contributed by atoms with Gasteiger partial charge in [0.1, 0.15) is 17.7 Å². The van der Waals surface area contributed by atoms with E-state index >= 15 is 0 Å². The smallest absolute Gasteiger partial charge is 0.312 e. The second-order valence-electron chi connectivity index (χ2n) is 10.1. The van der Waals surface area contributed by atoms with Crippen LogP contribution in [0.4, 0.5) is 0 Å². The molecule has 3 saturated heterocycles. The minimum atomic E-state index is -1.13. The van der Waals surface area contributed by atoms with Crippen molar-refractivity contribution >= 4 is 23.7 Å². The Hall–Kier alpha value is -2.72. The molecule has 37 heavy (non-hydrogen) atoms. The van der Waals surface area contributed by atoms with Crippen LogP contribution in [-0.2, 0) is 28.7 Å². The van der Waals surface area contributed by atoms with Crippen LogP contribution in [0.25, 0.3) is 0 Å². The minimum absolute atomic E-state index is 0.0217. The van der Waals surface area contributed by atoms with E-state index in [4.69, 9.17) is 9.47 Å². The van der Waals surface area contributed by atoms with Crippen LogP contribution in [0, 0.1) is 11.8 Å². The van der Waals surface area contributed by atoms with Gasteiger partial charge in [0.15, 0.2) is 0 Å². The summed E-state index contributed by atoms with van der Waals surface area (Å²) < 4.78 is 12.0. The van der Waals surface area contributed by atoms with E-state index in [0.29, 0.717) is 38.8 Å². The standard InChI is InChI=1S/C27H41N3O7/c1-5-8-10-20(32)28-17-18(4)36-26(35)21-19-11-12-27(37-19)22(21)24(33)30(15-16-31)23(27)25(34)29(13-7-3)14-9-6-2/h5,7,18-19,21-23,31H,1,3,6,8-17H2,2,4H3,(H,28,32)/t18-,19-,21+,22+,23-,27+/m1/s1. The molecule has 3 heterocycles. The predicted molar refractivity (Wildman–Crippen MR) is 136 cm³/mol. The number of rotatable bonds is 15. The predicted octanol–water partition coefficient (Wildman–Crippen LogP) is 1.18. The van der Waals surface area contributed by atoms with E-state index in [0.717, 1.165) is 12.8 Å². The molecule has 0 aromatic carbocycles. The Morgan fingerprint density at radius 1 is 1.35 bits per heavy atom. The Morgan fingerprint density at radius 3 is 2.76 bits per heavy atom. The molecule has 206 valence electrons. The van der Waals surface area contributed by atoms with E-state index in [1.807, 2.05) is 6.92 Å². The Balaban J connectivity index is 1.79. The SMILES string of the molecule is C=CCCC(=O)NC[C@@H](C)OC(=O)[C@@H]1[C@H]2C(=O)N(CCO)[C@H](C(=O)N(CC=C)CCCC)[C@]23CC[C@H]1O3. The molecule has 0 saturated carbocycles. The lowest BCUT2D eigenvalue weighted by Gasteiger charge is -2.36. The number of carbonyl (C=O) groups is 4. The number of esters is 1. The van der Waals surface area contributed by atoms with Gasteiger partial charge in [0.05, 0.1) is 31.1 Å². The molecule has 3 aliphatic heterocycles. The first-order chi connectivity index (χ1) is 17.7. The van der Waals surface area contributed by atoms with Crippen LogP contribution in [-0.4, -0.2) is 95.2 Å². The van der Waals surface area contributed by atoms with E-state index in [1.54, 1.807) is 24.0 Å². The third kappa shape index (κ3) is 5.75. The average molecular weight is 520 g/mol. The number of nitrogens with one attached hydrogen (secondary N) is 1. The molecule has 10 heteroatoms. The minimum Gasteiger partial charge on any atom is -0.460 e. The summed E-state index contributed by atoms with van der Waals surface area (Å²) >= 11 is 0. The summed E-state index contributed by atoms with van der Waals surface area (Å²) in [6, 6.07) is -0.918. The Kier molecular flexibility index (Phi) is 9.89. The van der Waals surface area contributed by atoms with Gasteiger partial charge >= 0.3 is 5.97 Å². The average Bonchev–Trinajstić information content (AvgIpc) is 3.51. The molecule has 0 radical (unpaired) electrons. The maximum Gasteiger partial charge on any atom is 0.312 e. The monoisotopic (exact) mass is 519 g/mol. The largest absolute Gasteiger partial charge is 0.460 e. The van der Waals surface area contributed by atoms with Crippen molar-refractivity contribution in [2.75, 3.05) is 32.8 Å². The number of hydrogen-bond acceptors (Lipinski definition) is 7. The molecule has 3 amide bonds. The van der Waals surface area contributed by atoms with E-state index < -0.39 is 41.7 Å². The summed E-state index contributed by atoms with van der Waals surface area (Å²) in [5, 5.41) is 12.4. The van der Waals surface area contributed by atoms with E-state index in [9.17, 15) is 24.3 Å². The number of ether oxygens (including phenoxy) is 2. The molecule has 2 N–H and O–H groups in total. The van der Waals surface area contributed by atoms with Crippen molar-refractivity contribution in [1.82, 2.24) is 15.1 Å². The van der Waals surface area contributed by atoms with Gasteiger partial charge in [-0.2, -0.15) is 0 Å². The molecular weight excluding hydrogens is 478 g/mol. The molecule has 0 aromatic rings. The van der Waals surface area contributed by atoms with Crippen LogP contribution < -0.4 is 5.32 Å². The van der Waals surface area contributed by atoms with Crippen molar-refractivity contribution in [2.24, 2.45) is 11.8 Å². The number of unbranched alkanes of at least 4 members (excludes halogenated alkanes) is 1. The van der Waals surface area contributed by atoms with Gasteiger partial charge in [-0.3, -0.25) is 19.2 Å². The number of aliphatic hydroxyl groups excluding tert-OH is 1. The molecule has 6 atom stereocenters. The van der Waals surface area contributed by atoms with Gasteiger partial charge in [-0.25, -0.2) is 0 Å².